The van der Waals surface area contributed by atoms with Gasteiger partial charge in [0, 0.05) is 6.61 Å². The normalized spacial score (nSPS) is 11.8. The lowest BCUT2D eigenvalue weighted by Crippen LogP contribution is -2.08. The van der Waals surface area contributed by atoms with Crippen LogP contribution in [0.2, 0.25) is 0 Å². The Kier molecular flexibility index (Phi) is 25.3. The van der Waals surface area contributed by atoms with E-state index in [1.807, 2.05) is 36.4 Å². The van der Waals surface area contributed by atoms with Crippen molar-refractivity contribution >= 4 is 5.97 Å². The van der Waals surface area contributed by atoms with Crippen LogP contribution in [0.1, 0.15) is 203 Å². The van der Waals surface area contributed by atoms with Gasteiger partial charge in [0.05, 0.1) is 18.3 Å². The second-order valence-corrected chi connectivity index (χ2v) is 15.6. The molecule has 0 spiro atoms. The molecular weight excluding hydrogens is 665 g/mol. The molecule has 0 N–H and O–H groups in total. The Morgan fingerprint density at radius 1 is 0.444 bits per heavy atom. The molecule has 4 nitrogen and oxygen atoms in total. The highest BCUT2D eigenvalue weighted by Gasteiger charge is 2.10. The summed E-state index contributed by atoms with van der Waals surface area (Å²) in [6.07, 6.45) is 33.9. The van der Waals surface area contributed by atoms with Gasteiger partial charge in [-0.25, -0.2) is 4.79 Å². The highest BCUT2D eigenvalue weighted by atomic mass is 16.5. The Morgan fingerprint density at radius 3 is 1.26 bits per heavy atom. The molecule has 1 atom stereocenters. The van der Waals surface area contributed by atoms with Crippen molar-refractivity contribution in [2.45, 2.75) is 187 Å². The number of benzene rings is 3. The van der Waals surface area contributed by atoms with Gasteiger partial charge in [0.15, 0.2) is 0 Å². The second-order valence-electron chi connectivity index (χ2n) is 15.6. The molecule has 0 heterocycles. The average molecular weight is 741 g/mol. The highest BCUT2D eigenvalue weighted by Crippen LogP contribution is 2.26. The van der Waals surface area contributed by atoms with Gasteiger partial charge in [-0.3, -0.25) is 0 Å². The third kappa shape index (κ3) is 20.5. The molecule has 0 fully saturated rings. The van der Waals surface area contributed by atoms with Crippen molar-refractivity contribution in [2.24, 2.45) is 0 Å². The van der Waals surface area contributed by atoms with Crippen LogP contribution in [0.5, 0.6) is 11.5 Å². The largest absolute Gasteiger partial charge is 0.494 e. The molecule has 300 valence electrons. The van der Waals surface area contributed by atoms with Crippen LogP contribution in [0, 0.1) is 0 Å². The van der Waals surface area contributed by atoms with Gasteiger partial charge in [-0.2, -0.15) is 0 Å². The minimum absolute atomic E-state index is 0.0810. The predicted octanol–water partition coefficient (Wildman–Crippen LogP) is 15.8. The quantitative estimate of drug-likeness (QED) is 0.0354. The molecule has 0 aromatic heterocycles. The number of rotatable bonds is 33. The van der Waals surface area contributed by atoms with E-state index < -0.39 is 0 Å². The summed E-state index contributed by atoms with van der Waals surface area (Å²) in [5.41, 5.74) is 3.91. The number of carbonyl (C=O) groups is 1. The van der Waals surface area contributed by atoms with E-state index in [2.05, 4.69) is 45.0 Å². The van der Waals surface area contributed by atoms with Gasteiger partial charge in [0.2, 0.25) is 0 Å². The number of carbonyl (C=O) groups excluding carboxylic acids is 1. The molecule has 3 rings (SSSR count). The molecule has 0 amide bonds. The summed E-state index contributed by atoms with van der Waals surface area (Å²) in [6.45, 7) is 8.22. The van der Waals surface area contributed by atoms with E-state index in [9.17, 15) is 4.79 Å². The molecule has 0 aliphatic heterocycles. The van der Waals surface area contributed by atoms with Gasteiger partial charge in [-0.05, 0) is 72.9 Å². The summed E-state index contributed by atoms with van der Waals surface area (Å²) >= 11 is 0. The van der Waals surface area contributed by atoms with Crippen molar-refractivity contribution in [3.05, 3.63) is 83.9 Å². The maximum Gasteiger partial charge on any atom is 0.343 e. The van der Waals surface area contributed by atoms with Crippen molar-refractivity contribution < 1.29 is 19.0 Å². The second kappa shape index (κ2) is 30.2. The Morgan fingerprint density at radius 2 is 0.815 bits per heavy atom. The van der Waals surface area contributed by atoms with E-state index in [1.165, 1.54) is 153 Å². The Labute approximate surface area is 331 Å². The summed E-state index contributed by atoms with van der Waals surface area (Å²) in [5.74, 6) is 0.948. The first-order chi connectivity index (χ1) is 26.6. The molecule has 0 aliphatic carbocycles. The van der Waals surface area contributed by atoms with Crippen LogP contribution in [0.4, 0.5) is 0 Å². The number of hydrogen-bond acceptors (Lipinski definition) is 4. The van der Waals surface area contributed by atoms with E-state index in [0.29, 0.717) is 17.9 Å². The van der Waals surface area contributed by atoms with E-state index in [4.69, 9.17) is 14.2 Å². The van der Waals surface area contributed by atoms with Crippen molar-refractivity contribution in [3.63, 3.8) is 0 Å². The van der Waals surface area contributed by atoms with Crippen LogP contribution in [-0.2, 0) is 4.74 Å². The number of hydrogen-bond donors (Lipinski definition) is 0. The molecule has 0 aliphatic rings. The van der Waals surface area contributed by atoms with E-state index in [-0.39, 0.29) is 12.1 Å². The fraction of sp³-hybridized carbons (Fsp3) is 0.620. The first kappa shape index (κ1) is 45.3. The van der Waals surface area contributed by atoms with Gasteiger partial charge in [0.1, 0.15) is 11.5 Å². The minimum Gasteiger partial charge on any atom is -0.494 e. The lowest BCUT2D eigenvalue weighted by Gasteiger charge is -2.14. The zero-order chi connectivity index (χ0) is 38.3. The number of esters is 1. The maximum atomic E-state index is 12.8. The topological polar surface area (TPSA) is 44.8 Å². The zero-order valence-corrected chi connectivity index (χ0v) is 34.7. The summed E-state index contributed by atoms with van der Waals surface area (Å²) in [5, 5.41) is 0. The van der Waals surface area contributed by atoms with Crippen LogP contribution < -0.4 is 9.47 Å². The van der Waals surface area contributed by atoms with Crippen molar-refractivity contribution in [2.75, 3.05) is 13.2 Å². The summed E-state index contributed by atoms with van der Waals surface area (Å²) in [4.78, 5) is 12.8. The summed E-state index contributed by atoms with van der Waals surface area (Å²) in [7, 11) is 0. The molecular formula is C50H76O4. The van der Waals surface area contributed by atoms with Gasteiger partial charge in [-0.15, -0.1) is 0 Å². The van der Waals surface area contributed by atoms with Crippen molar-refractivity contribution in [1.82, 2.24) is 0 Å². The maximum absolute atomic E-state index is 12.8. The highest BCUT2D eigenvalue weighted by molar-refractivity contribution is 5.91. The Balaban J connectivity index is 1.22. The van der Waals surface area contributed by atoms with Crippen molar-refractivity contribution in [1.29, 1.82) is 0 Å². The lowest BCUT2D eigenvalue weighted by molar-refractivity contribution is 0.0627. The molecule has 1 unspecified atom stereocenters. The Bertz CT molecular complexity index is 1310. The summed E-state index contributed by atoms with van der Waals surface area (Å²) in [6, 6.07) is 23.5. The van der Waals surface area contributed by atoms with E-state index >= 15 is 0 Å². The molecule has 0 saturated carbocycles. The van der Waals surface area contributed by atoms with Crippen LogP contribution in [0.3, 0.4) is 0 Å². The smallest absolute Gasteiger partial charge is 0.343 e. The van der Waals surface area contributed by atoms with Gasteiger partial charge >= 0.3 is 5.97 Å². The third-order valence-corrected chi connectivity index (χ3v) is 10.8. The predicted molar refractivity (Wildman–Crippen MR) is 230 cm³/mol. The molecule has 4 heteroatoms. The Hall–Kier alpha value is -3.11. The monoisotopic (exact) mass is 741 g/mol. The fourth-order valence-corrected chi connectivity index (χ4v) is 7.12. The molecule has 0 radical (unpaired) electrons. The van der Waals surface area contributed by atoms with Gasteiger partial charge < -0.3 is 14.2 Å². The van der Waals surface area contributed by atoms with Gasteiger partial charge in [-0.1, -0.05) is 198 Å². The van der Waals surface area contributed by atoms with Gasteiger partial charge in [0.25, 0.3) is 0 Å². The standard InChI is InChI=1S/C50H76O4/c1-4-6-8-10-12-14-15-16-17-18-19-20-21-22-24-25-27-41-52-43(3)44-29-31-45(32-30-44)46-33-39-49(40-34-46)54-50(51)47-35-37-48(38-36-47)53-42-28-26-23-13-11-9-7-5-2/h29-40,43H,4-28,41-42H2,1-3H3. The fourth-order valence-electron chi connectivity index (χ4n) is 7.12. The van der Waals surface area contributed by atoms with Crippen LogP contribution in [0.15, 0.2) is 72.8 Å². The first-order valence-corrected chi connectivity index (χ1v) is 22.4. The average Bonchev–Trinajstić information content (AvgIpc) is 3.20. The summed E-state index contributed by atoms with van der Waals surface area (Å²) < 4.78 is 17.7. The number of unbranched alkanes of at least 4 members (excludes halogenated alkanes) is 23. The molecule has 0 bridgehead atoms. The number of ether oxygens (including phenoxy) is 3. The van der Waals surface area contributed by atoms with E-state index in [0.717, 1.165) is 36.3 Å². The third-order valence-electron chi connectivity index (χ3n) is 10.8. The SMILES string of the molecule is CCCCCCCCCCCCCCCCCCCOC(C)c1ccc(-c2ccc(OC(=O)c3ccc(OCCCCCCCCCC)cc3)cc2)cc1. The molecule has 54 heavy (non-hydrogen) atoms. The van der Waals surface area contributed by atoms with Crippen LogP contribution in [-0.4, -0.2) is 19.2 Å². The van der Waals surface area contributed by atoms with Crippen LogP contribution in [0.25, 0.3) is 11.1 Å². The lowest BCUT2D eigenvalue weighted by atomic mass is 10.0. The zero-order valence-electron chi connectivity index (χ0n) is 34.7. The molecule has 0 saturated heterocycles. The van der Waals surface area contributed by atoms with Crippen LogP contribution >= 0.6 is 0 Å². The molecule has 3 aromatic rings. The van der Waals surface area contributed by atoms with Crippen molar-refractivity contribution in [3.8, 4) is 22.6 Å². The molecule has 3 aromatic carbocycles. The first-order valence-electron chi connectivity index (χ1n) is 22.4. The minimum atomic E-state index is -0.370. The van der Waals surface area contributed by atoms with E-state index in [1.54, 1.807) is 12.1 Å².